The number of rotatable bonds is 5. The first-order valence-electron chi connectivity index (χ1n) is 5.69. The van der Waals surface area contributed by atoms with Gasteiger partial charge in [-0.3, -0.25) is 14.5 Å². The van der Waals surface area contributed by atoms with Gasteiger partial charge in [-0.15, -0.1) is 0 Å². The maximum absolute atomic E-state index is 11.2. The highest BCUT2D eigenvalue weighted by Gasteiger charge is 2.22. The second kappa shape index (κ2) is 5.25. The molecule has 1 N–H and O–H groups in total. The number of nitrogens with zero attached hydrogens (tertiary/aromatic N) is 1. The van der Waals surface area contributed by atoms with Crippen molar-refractivity contribution in [1.29, 1.82) is 0 Å². The van der Waals surface area contributed by atoms with Crippen LogP contribution in [0, 0.1) is 0 Å². The average Bonchev–Trinajstić information content (AvgIpc) is 2.46. The zero-order chi connectivity index (χ0) is 12.2. The molecule has 2 amide bonds. The van der Waals surface area contributed by atoms with Crippen LogP contribution in [0.15, 0.2) is 12.2 Å². The second-order valence-corrected chi connectivity index (χ2v) is 5.05. The Morgan fingerprint density at radius 1 is 1.12 bits per heavy atom. The Morgan fingerprint density at radius 3 is 2.19 bits per heavy atom. The zero-order valence-electron chi connectivity index (χ0n) is 10.2. The van der Waals surface area contributed by atoms with Gasteiger partial charge in [0.2, 0.25) is 0 Å². The van der Waals surface area contributed by atoms with E-state index in [0.717, 1.165) is 19.4 Å². The summed E-state index contributed by atoms with van der Waals surface area (Å²) in [4.78, 5) is 23.7. The van der Waals surface area contributed by atoms with Crippen molar-refractivity contribution in [3.8, 4) is 0 Å². The van der Waals surface area contributed by atoms with E-state index in [1.807, 2.05) is 0 Å². The summed E-state index contributed by atoms with van der Waals surface area (Å²) in [7, 11) is 0. The quantitative estimate of drug-likeness (QED) is 0.561. The first-order chi connectivity index (χ1) is 7.40. The summed E-state index contributed by atoms with van der Waals surface area (Å²) < 4.78 is 0. The van der Waals surface area contributed by atoms with E-state index < -0.39 is 0 Å². The third kappa shape index (κ3) is 4.14. The molecular formula is C12H20N2O2. The predicted molar refractivity (Wildman–Crippen MR) is 62.8 cm³/mol. The summed E-state index contributed by atoms with van der Waals surface area (Å²) in [5, 5.41) is 3.37. The molecule has 1 aliphatic rings. The van der Waals surface area contributed by atoms with E-state index in [9.17, 15) is 9.59 Å². The van der Waals surface area contributed by atoms with E-state index in [2.05, 4.69) is 26.1 Å². The Balaban J connectivity index is 2.13. The van der Waals surface area contributed by atoms with Gasteiger partial charge >= 0.3 is 0 Å². The normalized spacial score (nSPS) is 16.3. The van der Waals surface area contributed by atoms with Gasteiger partial charge in [0, 0.05) is 24.2 Å². The molecule has 0 radical (unpaired) electrons. The average molecular weight is 224 g/mol. The number of amides is 2. The van der Waals surface area contributed by atoms with Gasteiger partial charge in [-0.05, 0) is 40.2 Å². The van der Waals surface area contributed by atoms with Crippen molar-refractivity contribution in [1.82, 2.24) is 10.2 Å². The molecule has 0 aromatic heterocycles. The number of carbonyl (C=O) groups is 2. The molecule has 0 saturated heterocycles. The molecule has 1 heterocycles. The van der Waals surface area contributed by atoms with Crippen LogP contribution in [-0.2, 0) is 9.59 Å². The maximum atomic E-state index is 11.2. The topological polar surface area (TPSA) is 49.4 Å². The minimum atomic E-state index is -0.186. The summed E-state index contributed by atoms with van der Waals surface area (Å²) in [6.07, 6.45) is 4.47. The Bertz CT molecular complexity index is 285. The molecule has 90 valence electrons. The maximum Gasteiger partial charge on any atom is 0.253 e. The molecule has 0 aromatic rings. The first-order valence-corrected chi connectivity index (χ1v) is 5.69. The summed E-state index contributed by atoms with van der Waals surface area (Å²) in [5.74, 6) is -0.373. The standard InChI is InChI=1S/C12H20N2O2/c1-12(2,3)13-8-4-5-9-14-10(15)6-7-11(14)16/h6-7,13H,4-5,8-9H2,1-3H3. The van der Waals surface area contributed by atoms with E-state index in [1.165, 1.54) is 17.1 Å². The molecule has 0 saturated carbocycles. The van der Waals surface area contributed by atoms with Crippen molar-refractivity contribution in [3.05, 3.63) is 12.2 Å². The van der Waals surface area contributed by atoms with Crippen LogP contribution in [0.4, 0.5) is 0 Å². The number of unbranched alkanes of at least 4 members (excludes halogenated alkanes) is 1. The third-order valence-corrected chi connectivity index (χ3v) is 2.36. The van der Waals surface area contributed by atoms with Crippen LogP contribution in [0.1, 0.15) is 33.6 Å². The van der Waals surface area contributed by atoms with Gasteiger partial charge in [0.05, 0.1) is 0 Å². The zero-order valence-corrected chi connectivity index (χ0v) is 10.2. The second-order valence-electron chi connectivity index (χ2n) is 5.05. The molecule has 16 heavy (non-hydrogen) atoms. The fourth-order valence-corrected chi connectivity index (χ4v) is 1.51. The van der Waals surface area contributed by atoms with E-state index in [-0.39, 0.29) is 17.4 Å². The molecule has 0 atom stereocenters. The highest BCUT2D eigenvalue weighted by molar-refractivity contribution is 6.12. The monoisotopic (exact) mass is 224 g/mol. The molecule has 0 aliphatic carbocycles. The van der Waals surface area contributed by atoms with Crippen LogP contribution in [0.2, 0.25) is 0 Å². The van der Waals surface area contributed by atoms with Gasteiger partial charge in [-0.1, -0.05) is 0 Å². The molecule has 1 aliphatic heterocycles. The molecule has 0 aromatic carbocycles. The van der Waals surface area contributed by atoms with Gasteiger partial charge < -0.3 is 5.32 Å². The SMILES string of the molecule is CC(C)(C)NCCCCN1C(=O)C=CC1=O. The summed E-state index contributed by atoms with van der Waals surface area (Å²) in [6, 6.07) is 0. The minimum absolute atomic E-state index is 0.126. The number of imide groups is 1. The summed E-state index contributed by atoms with van der Waals surface area (Å²) in [5.41, 5.74) is 0.126. The number of nitrogens with one attached hydrogen (secondary N) is 1. The van der Waals surface area contributed by atoms with Crippen molar-refractivity contribution < 1.29 is 9.59 Å². The lowest BCUT2D eigenvalue weighted by atomic mass is 10.1. The number of hydrogen-bond donors (Lipinski definition) is 1. The molecule has 0 unspecified atom stereocenters. The van der Waals surface area contributed by atoms with Gasteiger partial charge in [0.1, 0.15) is 0 Å². The van der Waals surface area contributed by atoms with Crippen LogP contribution in [-0.4, -0.2) is 35.3 Å². The molecule has 0 spiro atoms. The molecule has 0 fully saturated rings. The van der Waals surface area contributed by atoms with Crippen LogP contribution >= 0.6 is 0 Å². The number of carbonyl (C=O) groups excluding carboxylic acids is 2. The Hall–Kier alpha value is -1.16. The lowest BCUT2D eigenvalue weighted by Gasteiger charge is -2.20. The van der Waals surface area contributed by atoms with Gasteiger partial charge in [0.15, 0.2) is 0 Å². The van der Waals surface area contributed by atoms with E-state index >= 15 is 0 Å². The largest absolute Gasteiger partial charge is 0.312 e. The van der Waals surface area contributed by atoms with Crippen molar-refractivity contribution in [2.24, 2.45) is 0 Å². The highest BCUT2D eigenvalue weighted by atomic mass is 16.2. The van der Waals surface area contributed by atoms with Gasteiger partial charge in [-0.25, -0.2) is 0 Å². The molecule has 1 rings (SSSR count). The van der Waals surface area contributed by atoms with Crippen molar-refractivity contribution in [2.75, 3.05) is 13.1 Å². The summed E-state index contributed by atoms with van der Waals surface area (Å²) in [6.45, 7) is 7.78. The van der Waals surface area contributed by atoms with Crippen LogP contribution in [0.5, 0.6) is 0 Å². The Morgan fingerprint density at radius 2 is 1.69 bits per heavy atom. The smallest absolute Gasteiger partial charge is 0.253 e. The van der Waals surface area contributed by atoms with E-state index in [1.54, 1.807) is 0 Å². The van der Waals surface area contributed by atoms with E-state index in [4.69, 9.17) is 0 Å². The highest BCUT2D eigenvalue weighted by Crippen LogP contribution is 2.05. The van der Waals surface area contributed by atoms with Crippen molar-refractivity contribution in [2.45, 2.75) is 39.2 Å². The van der Waals surface area contributed by atoms with Crippen LogP contribution < -0.4 is 5.32 Å². The molecule has 4 heteroatoms. The Kier molecular flexibility index (Phi) is 4.24. The summed E-state index contributed by atoms with van der Waals surface area (Å²) >= 11 is 0. The minimum Gasteiger partial charge on any atom is -0.312 e. The van der Waals surface area contributed by atoms with Crippen molar-refractivity contribution in [3.63, 3.8) is 0 Å². The van der Waals surface area contributed by atoms with Crippen LogP contribution in [0.3, 0.4) is 0 Å². The third-order valence-electron chi connectivity index (χ3n) is 2.36. The van der Waals surface area contributed by atoms with E-state index in [0.29, 0.717) is 6.54 Å². The lowest BCUT2D eigenvalue weighted by Crippen LogP contribution is -2.37. The predicted octanol–water partition coefficient (Wildman–Crippen LogP) is 1.08. The lowest BCUT2D eigenvalue weighted by molar-refractivity contribution is -0.136. The van der Waals surface area contributed by atoms with Gasteiger partial charge in [-0.2, -0.15) is 0 Å². The fraction of sp³-hybridized carbons (Fsp3) is 0.667. The molecule has 0 bridgehead atoms. The number of hydrogen-bond acceptors (Lipinski definition) is 3. The molecular weight excluding hydrogens is 204 g/mol. The van der Waals surface area contributed by atoms with Gasteiger partial charge in [0.25, 0.3) is 11.8 Å². The first kappa shape index (κ1) is 12.9. The Labute approximate surface area is 96.7 Å². The van der Waals surface area contributed by atoms with Crippen molar-refractivity contribution >= 4 is 11.8 Å². The molecule has 4 nitrogen and oxygen atoms in total. The fourth-order valence-electron chi connectivity index (χ4n) is 1.51. The van der Waals surface area contributed by atoms with Crippen LogP contribution in [0.25, 0.3) is 0 Å².